The van der Waals surface area contributed by atoms with Crippen molar-refractivity contribution in [3.63, 3.8) is 0 Å². The van der Waals surface area contributed by atoms with E-state index in [0.717, 1.165) is 51.4 Å². The summed E-state index contributed by atoms with van der Waals surface area (Å²) in [5.74, 6) is 0.569. The second kappa shape index (κ2) is 10.2. The number of aryl methyl sites for hydroxylation is 1. The molecule has 0 saturated carbocycles. The van der Waals surface area contributed by atoms with Gasteiger partial charge in [-0.3, -0.25) is 4.79 Å². The third-order valence-corrected chi connectivity index (χ3v) is 4.85. The average Bonchev–Trinajstić information content (AvgIpc) is 2.65. The molecule has 1 saturated heterocycles. The molecule has 5 nitrogen and oxygen atoms in total. The zero-order valence-electron chi connectivity index (χ0n) is 15.5. The van der Waals surface area contributed by atoms with Gasteiger partial charge < -0.3 is 15.1 Å². The van der Waals surface area contributed by atoms with Crippen LogP contribution in [0.5, 0.6) is 0 Å². The van der Waals surface area contributed by atoms with Crippen molar-refractivity contribution >= 4 is 5.91 Å². The first-order chi connectivity index (χ1) is 12.1. The van der Waals surface area contributed by atoms with Gasteiger partial charge in [-0.05, 0) is 36.6 Å². The summed E-state index contributed by atoms with van der Waals surface area (Å²) in [6, 6.07) is 9.55. The molecule has 0 aliphatic carbocycles. The van der Waals surface area contributed by atoms with Gasteiger partial charge in [-0.1, -0.05) is 26.0 Å². The third kappa shape index (κ3) is 6.85. The van der Waals surface area contributed by atoms with Crippen LogP contribution in [0.25, 0.3) is 0 Å². The van der Waals surface area contributed by atoms with Crippen molar-refractivity contribution in [2.24, 2.45) is 5.92 Å². The van der Waals surface area contributed by atoms with E-state index < -0.39 is 0 Å². The van der Waals surface area contributed by atoms with Crippen molar-refractivity contribution in [2.75, 3.05) is 45.8 Å². The van der Waals surface area contributed by atoms with Gasteiger partial charge in [0.2, 0.25) is 5.91 Å². The van der Waals surface area contributed by atoms with Gasteiger partial charge in [0.1, 0.15) is 0 Å². The molecule has 1 aliphatic heterocycles. The predicted molar refractivity (Wildman–Crippen MR) is 100 cm³/mol. The van der Waals surface area contributed by atoms with E-state index in [4.69, 9.17) is 5.26 Å². The second-order valence-corrected chi connectivity index (χ2v) is 6.95. The summed E-state index contributed by atoms with van der Waals surface area (Å²) in [6.45, 7) is 11.9. The zero-order chi connectivity index (χ0) is 18.1. The molecule has 1 atom stereocenters. The lowest BCUT2D eigenvalue weighted by Crippen LogP contribution is -2.48. The van der Waals surface area contributed by atoms with E-state index in [1.807, 2.05) is 12.1 Å². The van der Waals surface area contributed by atoms with Crippen molar-refractivity contribution in [2.45, 2.75) is 26.7 Å². The molecule has 1 aliphatic rings. The first-order valence-corrected chi connectivity index (χ1v) is 9.31. The standard InChI is InChI=1S/C20H30N4O/c1-3-23-10-12-24(13-11-23)16-17(2)15-22-20(25)9-8-18-4-6-19(14-21)7-5-18/h4-7,17H,3,8-13,15-16H2,1-2H3,(H,22,25). The van der Waals surface area contributed by atoms with Crippen molar-refractivity contribution in [3.05, 3.63) is 35.4 Å². The van der Waals surface area contributed by atoms with Crippen molar-refractivity contribution in [3.8, 4) is 6.07 Å². The van der Waals surface area contributed by atoms with E-state index in [-0.39, 0.29) is 5.91 Å². The maximum atomic E-state index is 12.0. The van der Waals surface area contributed by atoms with E-state index in [2.05, 4.69) is 35.0 Å². The molecule has 5 heteroatoms. The summed E-state index contributed by atoms with van der Waals surface area (Å²) >= 11 is 0. The Bertz CT molecular complexity index is 570. The summed E-state index contributed by atoms with van der Waals surface area (Å²) in [5, 5.41) is 11.8. The Morgan fingerprint density at radius 3 is 2.44 bits per heavy atom. The van der Waals surface area contributed by atoms with Gasteiger partial charge in [0, 0.05) is 45.7 Å². The first-order valence-electron chi connectivity index (χ1n) is 9.31. The molecule has 0 bridgehead atoms. The largest absolute Gasteiger partial charge is 0.356 e. The Labute approximate surface area is 151 Å². The number of carbonyl (C=O) groups is 1. The Hall–Kier alpha value is -1.90. The van der Waals surface area contributed by atoms with Gasteiger partial charge in [-0.2, -0.15) is 5.26 Å². The second-order valence-electron chi connectivity index (χ2n) is 6.95. The number of hydrogen-bond donors (Lipinski definition) is 1. The molecule has 1 N–H and O–H groups in total. The molecular formula is C20H30N4O. The minimum atomic E-state index is 0.104. The van der Waals surface area contributed by atoms with E-state index >= 15 is 0 Å². The third-order valence-electron chi connectivity index (χ3n) is 4.85. The van der Waals surface area contributed by atoms with Crippen LogP contribution in [0.4, 0.5) is 0 Å². The van der Waals surface area contributed by atoms with E-state index in [0.29, 0.717) is 24.3 Å². The van der Waals surface area contributed by atoms with Crippen LogP contribution in [-0.4, -0.2) is 61.5 Å². The number of nitriles is 1. The molecule has 0 radical (unpaired) electrons. The number of likely N-dealkylation sites (N-methyl/N-ethyl adjacent to an activating group) is 1. The van der Waals surface area contributed by atoms with Gasteiger partial charge >= 0.3 is 0 Å². The highest BCUT2D eigenvalue weighted by molar-refractivity contribution is 5.76. The quantitative estimate of drug-likeness (QED) is 0.784. The van der Waals surface area contributed by atoms with Crippen LogP contribution in [-0.2, 0) is 11.2 Å². The topological polar surface area (TPSA) is 59.4 Å². The maximum Gasteiger partial charge on any atom is 0.220 e. The van der Waals surface area contributed by atoms with Crippen LogP contribution in [0, 0.1) is 17.2 Å². The Morgan fingerprint density at radius 1 is 1.20 bits per heavy atom. The fourth-order valence-corrected chi connectivity index (χ4v) is 3.17. The van der Waals surface area contributed by atoms with Gasteiger partial charge in [0.05, 0.1) is 11.6 Å². The molecule has 1 fully saturated rings. The molecule has 0 aromatic heterocycles. The number of nitrogens with one attached hydrogen (secondary N) is 1. The number of benzene rings is 1. The van der Waals surface area contributed by atoms with Crippen molar-refractivity contribution in [1.29, 1.82) is 5.26 Å². The molecular weight excluding hydrogens is 312 g/mol. The van der Waals surface area contributed by atoms with Crippen LogP contribution >= 0.6 is 0 Å². The molecule has 1 amide bonds. The van der Waals surface area contributed by atoms with Gasteiger partial charge in [0.15, 0.2) is 0 Å². The normalized spacial score (nSPS) is 17.0. The molecule has 1 unspecified atom stereocenters. The minimum Gasteiger partial charge on any atom is -0.356 e. The highest BCUT2D eigenvalue weighted by Crippen LogP contribution is 2.07. The van der Waals surface area contributed by atoms with Gasteiger partial charge in [0.25, 0.3) is 0 Å². The number of rotatable bonds is 8. The highest BCUT2D eigenvalue weighted by atomic mass is 16.1. The molecule has 1 heterocycles. The van der Waals surface area contributed by atoms with Crippen LogP contribution in [0.3, 0.4) is 0 Å². The number of hydrogen-bond acceptors (Lipinski definition) is 4. The fraction of sp³-hybridized carbons (Fsp3) is 0.600. The van der Waals surface area contributed by atoms with Crippen LogP contribution in [0.15, 0.2) is 24.3 Å². The lowest BCUT2D eigenvalue weighted by atomic mass is 10.1. The Balaban J connectivity index is 1.61. The molecule has 1 aromatic carbocycles. The summed E-state index contributed by atoms with van der Waals surface area (Å²) < 4.78 is 0. The number of nitrogens with zero attached hydrogens (tertiary/aromatic N) is 3. The van der Waals surface area contributed by atoms with Crippen molar-refractivity contribution < 1.29 is 4.79 Å². The minimum absolute atomic E-state index is 0.104. The lowest BCUT2D eigenvalue weighted by Gasteiger charge is -2.35. The van der Waals surface area contributed by atoms with Crippen LogP contribution in [0.1, 0.15) is 31.4 Å². The lowest BCUT2D eigenvalue weighted by molar-refractivity contribution is -0.121. The van der Waals surface area contributed by atoms with Crippen LogP contribution in [0.2, 0.25) is 0 Å². The number of amides is 1. The smallest absolute Gasteiger partial charge is 0.220 e. The number of carbonyl (C=O) groups excluding carboxylic acids is 1. The Morgan fingerprint density at radius 2 is 1.84 bits per heavy atom. The van der Waals surface area contributed by atoms with Crippen LogP contribution < -0.4 is 5.32 Å². The Kier molecular flexibility index (Phi) is 7.90. The monoisotopic (exact) mass is 342 g/mol. The maximum absolute atomic E-state index is 12.0. The zero-order valence-corrected chi connectivity index (χ0v) is 15.5. The predicted octanol–water partition coefficient (Wildman–Crippen LogP) is 1.88. The summed E-state index contributed by atoms with van der Waals surface area (Å²) in [5.41, 5.74) is 1.75. The SMILES string of the molecule is CCN1CCN(CC(C)CNC(=O)CCc2ccc(C#N)cc2)CC1. The van der Waals surface area contributed by atoms with E-state index in [1.165, 1.54) is 0 Å². The molecule has 1 aromatic rings. The molecule has 2 rings (SSSR count). The van der Waals surface area contributed by atoms with E-state index in [9.17, 15) is 4.79 Å². The molecule has 136 valence electrons. The average molecular weight is 342 g/mol. The van der Waals surface area contributed by atoms with Gasteiger partial charge in [-0.15, -0.1) is 0 Å². The molecule has 25 heavy (non-hydrogen) atoms. The van der Waals surface area contributed by atoms with E-state index in [1.54, 1.807) is 12.1 Å². The van der Waals surface area contributed by atoms with Crippen molar-refractivity contribution in [1.82, 2.24) is 15.1 Å². The summed E-state index contributed by atoms with van der Waals surface area (Å²) in [6.07, 6.45) is 1.21. The first kappa shape index (κ1) is 19.4. The summed E-state index contributed by atoms with van der Waals surface area (Å²) in [7, 11) is 0. The van der Waals surface area contributed by atoms with Gasteiger partial charge in [-0.25, -0.2) is 0 Å². The fourth-order valence-electron chi connectivity index (χ4n) is 3.17. The molecule has 0 spiro atoms. The number of piperazine rings is 1. The summed E-state index contributed by atoms with van der Waals surface area (Å²) in [4.78, 5) is 17.0. The highest BCUT2D eigenvalue weighted by Gasteiger charge is 2.17.